The quantitative estimate of drug-likeness (QED) is 0.792. The van der Waals surface area contributed by atoms with Crippen molar-refractivity contribution in [2.45, 2.75) is 26.0 Å². The van der Waals surface area contributed by atoms with Gasteiger partial charge in [0.15, 0.2) is 0 Å². The Hall–Kier alpha value is -2.08. The first-order chi connectivity index (χ1) is 11.1. The number of carbonyl (C=O) groups is 2. The van der Waals surface area contributed by atoms with Gasteiger partial charge in [-0.3, -0.25) is 9.59 Å². The summed E-state index contributed by atoms with van der Waals surface area (Å²) in [5.41, 5.74) is 1.01. The molecule has 23 heavy (non-hydrogen) atoms. The summed E-state index contributed by atoms with van der Waals surface area (Å²) in [6, 6.07) is 7.66. The van der Waals surface area contributed by atoms with Gasteiger partial charge in [-0.05, 0) is 24.1 Å². The SMILES string of the molecule is CCC(OC)C(=O)N1CCN(Cc2cccc(OC)c2)C(=O)C1. The number of piperazine rings is 1. The van der Waals surface area contributed by atoms with Crippen molar-refractivity contribution in [2.24, 2.45) is 0 Å². The number of amides is 2. The highest BCUT2D eigenvalue weighted by atomic mass is 16.5. The monoisotopic (exact) mass is 320 g/mol. The highest BCUT2D eigenvalue weighted by Gasteiger charge is 2.30. The van der Waals surface area contributed by atoms with Crippen molar-refractivity contribution in [3.8, 4) is 5.75 Å². The fourth-order valence-corrected chi connectivity index (χ4v) is 2.70. The van der Waals surface area contributed by atoms with E-state index in [9.17, 15) is 9.59 Å². The summed E-state index contributed by atoms with van der Waals surface area (Å²) >= 11 is 0. The number of rotatable bonds is 6. The normalized spacial score (nSPS) is 16.4. The van der Waals surface area contributed by atoms with Crippen LogP contribution in [0.5, 0.6) is 5.75 Å². The molecule has 0 N–H and O–H groups in total. The van der Waals surface area contributed by atoms with Crippen molar-refractivity contribution in [1.29, 1.82) is 0 Å². The van der Waals surface area contributed by atoms with Gasteiger partial charge in [0.05, 0.1) is 13.7 Å². The van der Waals surface area contributed by atoms with E-state index in [0.29, 0.717) is 26.1 Å². The minimum atomic E-state index is -0.465. The standard InChI is InChI=1S/C17H24N2O4/c1-4-15(23-3)17(21)19-9-8-18(16(20)12-19)11-13-6-5-7-14(10-13)22-2/h5-7,10,15H,4,8-9,11-12H2,1-3H3. The molecular formula is C17H24N2O4. The van der Waals surface area contributed by atoms with Crippen molar-refractivity contribution < 1.29 is 19.1 Å². The lowest BCUT2D eigenvalue weighted by atomic mass is 10.1. The van der Waals surface area contributed by atoms with Crippen molar-refractivity contribution in [1.82, 2.24) is 9.80 Å². The van der Waals surface area contributed by atoms with E-state index in [0.717, 1.165) is 11.3 Å². The fraction of sp³-hybridized carbons (Fsp3) is 0.529. The zero-order chi connectivity index (χ0) is 16.8. The molecule has 0 saturated carbocycles. The second kappa shape index (κ2) is 7.97. The molecule has 1 fully saturated rings. The lowest BCUT2D eigenvalue weighted by Gasteiger charge is -2.35. The molecule has 2 rings (SSSR count). The third kappa shape index (κ3) is 4.22. The first-order valence-electron chi connectivity index (χ1n) is 7.81. The lowest BCUT2D eigenvalue weighted by molar-refractivity contribution is -0.151. The van der Waals surface area contributed by atoms with Gasteiger partial charge in [-0.2, -0.15) is 0 Å². The molecule has 1 saturated heterocycles. The third-order valence-electron chi connectivity index (χ3n) is 4.07. The maximum Gasteiger partial charge on any atom is 0.252 e. The van der Waals surface area contributed by atoms with Crippen molar-refractivity contribution in [3.63, 3.8) is 0 Å². The minimum absolute atomic E-state index is 0.0432. The molecule has 0 radical (unpaired) electrons. The summed E-state index contributed by atoms with van der Waals surface area (Å²) in [5, 5.41) is 0. The molecule has 0 bridgehead atoms. The van der Waals surface area contributed by atoms with Crippen LogP contribution in [-0.2, 0) is 20.9 Å². The van der Waals surface area contributed by atoms with Crippen LogP contribution in [0, 0.1) is 0 Å². The second-order valence-electron chi connectivity index (χ2n) is 5.56. The van der Waals surface area contributed by atoms with Crippen LogP contribution in [-0.4, -0.2) is 61.6 Å². The van der Waals surface area contributed by atoms with Crippen LogP contribution in [0.2, 0.25) is 0 Å². The fourth-order valence-electron chi connectivity index (χ4n) is 2.70. The molecule has 0 spiro atoms. The van der Waals surface area contributed by atoms with E-state index in [2.05, 4.69) is 0 Å². The van der Waals surface area contributed by atoms with E-state index in [4.69, 9.17) is 9.47 Å². The molecule has 1 aliphatic rings. The summed E-state index contributed by atoms with van der Waals surface area (Å²) in [7, 11) is 3.14. The van der Waals surface area contributed by atoms with Crippen LogP contribution in [0.3, 0.4) is 0 Å². The molecule has 1 aromatic rings. The maximum absolute atomic E-state index is 12.3. The second-order valence-corrected chi connectivity index (χ2v) is 5.56. The van der Waals surface area contributed by atoms with Gasteiger partial charge in [0.2, 0.25) is 5.91 Å². The average molecular weight is 320 g/mol. The topological polar surface area (TPSA) is 59.1 Å². The Labute approximate surface area is 137 Å². The first kappa shape index (κ1) is 17.3. The molecule has 126 valence electrons. The summed E-state index contributed by atoms with van der Waals surface area (Å²) in [5.74, 6) is 0.623. The number of carbonyl (C=O) groups excluding carboxylic acids is 2. The van der Waals surface area contributed by atoms with E-state index in [1.807, 2.05) is 31.2 Å². The number of benzene rings is 1. The molecule has 1 unspecified atom stereocenters. The number of methoxy groups -OCH3 is 2. The third-order valence-corrected chi connectivity index (χ3v) is 4.07. The van der Waals surface area contributed by atoms with E-state index in [1.54, 1.807) is 16.9 Å². The molecule has 2 amide bonds. The van der Waals surface area contributed by atoms with Crippen LogP contribution < -0.4 is 4.74 Å². The maximum atomic E-state index is 12.3. The molecule has 1 aromatic carbocycles. The van der Waals surface area contributed by atoms with Gasteiger partial charge < -0.3 is 19.3 Å². The molecule has 6 heteroatoms. The molecule has 0 aromatic heterocycles. The van der Waals surface area contributed by atoms with Gasteiger partial charge in [-0.15, -0.1) is 0 Å². The smallest absolute Gasteiger partial charge is 0.252 e. The largest absolute Gasteiger partial charge is 0.497 e. The highest BCUT2D eigenvalue weighted by Crippen LogP contribution is 2.16. The molecule has 6 nitrogen and oxygen atoms in total. The van der Waals surface area contributed by atoms with Crippen LogP contribution in [0.25, 0.3) is 0 Å². The molecule has 1 heterocycles. The Balaban J connectivity index is 1.96. The summed E-state index contributed by atoms with van der Waals surface area (Å²) in [6.07, 6.45) is 0.140. The average Bonchev–Trinajstić information content (AvgIpc) is 2.58. The van der Waals surface area contributed by atoms with Gasteiger partial charge >= 0.3 is 0 Å². The highest BCUT2D eigenvalue weighted by molar-refractivity contribution is 5.88. The van der Waals surface area contributed by atoms with E-state index < -0.39 is 6.10 Å². The van der Waals surface area contributed by atoms with Gasteiger partial charge in [-0.1, -0.05) is 19.1 Å². The van der Waals surface area contributed by atoms with Crippen LogP contribution in [0.15, 0.2) is 24.3 Å². The Bertz CT molecular complexity index is 557. The number of hydrogen-bond acceptors (Lipinski definition) is 4. The van der Waals surface area contributed by atoms with Gasteiger partial charge in [-0.25, -0.2) is 0 Å². The molecule has 1 aliphatic heterocycles. The predicted molar refractivity (Wildman–Crippen MR) is 86.1 cm³/mol. The van der Waals surface area contributed by atoms with Gasteiger partial charge in [0.1, 0.15) is 11.9 Å². The first-order valence-corrected chi connectivity index (χ1v) is 7.81. The zero-order valence-corrected chi connectivity index (χ0v) is 13.9. The van der Waals surface area contributed by atoms with Crippen LogP contribution in [0.1, 0.15) is 18.9 Å². The number of ether oxygens (including phenoxy) is 2. The molecule has 0 aliphatic carbocycles. The molecular weight excluding hydrogens is 296 g/mol. The zero-order valence-electron chi connectivity index (χ0n) is 13.9. The van der Waals surface area contributed by atoms with Gasteiger partial charge in [0, 0.05) is 26.7 Å². The van der Waals surface area contributed by atoms with Crippen LogP contribution >= 0.6 is 0 Å². The Morgan fingerprint density at radius 1 is 1.30 bits per heavy atom. The van der Waals surface area contributed by atoms with Crippen molar-refractivity contribution >= 4 is 11.8 Å². The van der Waals surface area contributed by atoms with Crippen molar-refractivity contribution in [2.75, 3.05) is 33.9 Å². The summed E-state index contributed by atoms with van der Waals surface area (Å²) in [6.45, 7) is 3.60. The number of hydrogen-bond donors (Lipinski definition) is 0. The number of nitrogens with zero attached hydrogens (tertiary/aromatic N) is 2. The van der Waals surface area contributed by atoms with E-state index >= 15 is 0 Å². The lowest BCUT2D eigenvalue weighted by Crippen LogP contribution is -2.54. The van der Waals surface area contributed by atoms with E-state index in [-0.39, 0.29) is 18.4 Å². The van der Waals surface area contributed by atoms with E-state index in [1.165, 1.54) is 7.11 Å². The Morgan fingerprint density at radius 2 is 2.09 bits per heavy atom. The summed E-state index contributed by atoms with van der Waals surface area (Å²) in [4.78, 5) is 28.0. The predicted octanol–water partition coefficient (Wildman–Crippen LogP) is 1.29. The Morgan fingerprint density at radius 3 is 2.70 bits per heavy atom. The van der Waals surface area contributed by atoms with Gasteiger partial charge in [0.25, 0.3) is 5.91 Å². The van der Waals surface area contributed by atoms with Crippen LogP contribution in [0.4, 0.5) is 0 Å². The Kier molecular flexibility index (Phi) is 5.98. The van der Waals surface area contributed by atoms with Crippen molar-refractivity contribution in [3.05, 3.63) is 29.8 Å². The summed E-state index contributed by atoms with van der Waals surface area (Å²) < 4.78 is 10.4. The molecule has 1 atom stereocenters. The minimum Gasteiger partial charge on any atom is -0.497 e.